The molecule has 1 aromatic heterocycles. The van der Waals surface area contributed by atoms with Crippen LogP contribution >= 0.6 is 0 Å². The molecule has 0 spiro atoms. The second kappa shape index (κ2) is 8.99. The Hall–Kier alpha value is -2.89. The van der Waals surface area contributed by atoms with Crippen LogP contribution in [-0.2, 0) is 4.79 Å². The molecule has 0 unspecified atom stereocenters. The Morgan fingerprint density at radius 3 is 2.65 bits per heavy atom. The van der Waals surface area contributed by atoms with E-state index < -0.39 is 0 Å². The highest BCUT2D eigenvalue weighted by Gasteiger charge is 2.04. The number of rotatable bonds is 7. The molecule has 26 heavy (non-hydrogen) atoms. The molecule has 0 radical (unpaired) electrons. The monoisotopic (exact) mass is 351 g/mol. The van der Waals surface area contributed by atoms with Crippen molar-refractivity contribution in [3.63, 3.8) is 0 Å². The second-order valence-electron chi connectivity index (χ2n) is 6.43. The molecule has 3 rings (SSSR count). The summed E-state index contributed by atoms with van der Waals surface area (Å²) in [5.41, 5.74) is 3.21. The summed E-state index contributed by atoms with van der Waals surface area (Å²) in [6, 6.07) is 9.33. The lowest BCUT2D eigenvalue weighted by Crippen LogP contribution is -2.08. The van der Waals surface area contributed by atoms with Gasteiger partial charge < -0.3 is 16.0 Å². The second-order valence-corrected chi connectivity index (χ2v) is 6.43. The fourth-order valence-electron chi connectivity index (χ4n) is 2.97. The fourth-order valence-corrected chi connectivity index (χ4v) is 2.97. The van der Waals surface area contributed by atoms with Gasteiger partial charge in [0, 0.05) is 31.0 Å². The van der Waals surface area contributed by atoms with Crippen LogP contribution in [0.3, 0.4) is 0 Å². The largest absolute Gasteiger partial charge is 0.354 e. The lowest BCUT2D eigenvalue weighted by molar-refractivity contribution is -0.114. The zero-order valence-corrected chi connectivity index (χ0v) is 15.1. The highest BCUT2D eigenvalue weighted by Crippen LogP contribution is 2.20. The van der Waals surface area contributed by atoms with Crippen molar-refractivity contribution in [2.24, 2.45) is 0 Å². The number of nitrogens with zero attached hydrogens (tertiary/aromatic N) is 2. The molecular formula is C20H25N5O. The van der Waals surface area contributed by atoms with E-state index in [0.29, 0.717) is 5.95 Å². The predicted molar refractivity (Wildman–Crippen MR) is 106 cm³/mol. The lowest BCUT2D eigenvalue weighted by atomic mass is 9.97. The number of carbonyl (C=O) groups excluding carboxylic acids is 1. The van der Waals surface area contributed by atoms with Gasteiger partial charge in [0.15, 0.2) is 0 Å². The van der Waals surface area contributed by atoms with Gasteiger partial charge in [-0.25, -0.2) is 4.98 Å². The Morgan fingerprint density at radius 2 is 1.92 bits per heavy atom. The van der Waals surface area contributed by atoms with Crippen LogP contribution in [0.2, 0.25) is 0 Å². The molecule has 0 atom stereocenters. The molecule has 0 fully saturated rings. The van der Waals surface area contributed by atoms with Crippen LogP contribution in [0, 0.1) is 0 Å². The number of amides is 1. The molecule has 6 heteroatoms. The summed E-state index contributed by atoms with van der Waals surface area (Å²) in [5.74, 6) is 1.27. The molecule has 0 saturated heterocycles. The molecule has 1 aromatic carbocycles. The first-order valence-corrected chi connectivity index (χ1v) is 9.08. The first kappa shape index (κ1) is 17.9. The van der Waals surface area contributed by atoms with Gasteiger partial charge >= 0.3 is 0 Å². The van der Waals surface area contributed by atoms with Crippen molar-refractivity contribution in [1.82, 2.24) is 9.97 Å². The number of hydrogen-bond donors (Lipinski definition) is 3. The Morgan fingerprint density at radius 1 is 1.12 bits per heavy atom. The fraction of sp³-hybridized carbons (Fsp3) is 0.350. The SMILES string of the molecule is CC(=O)Nc1ccc(Nc2ccnc(NCCC3=CCCCC3)n2)cc1. The number of aromatic nitrogens is 2. The Bertz CT molecular complexity index is 770. The third-order valence-electron chi connectivity index (χ3n) is 4.25. The van der Waals surface area contributed by atoms with Crippen molar-refractivity contribution >= 4 is 29.0 Å². The van der Waals surface area contributed by atoms with Gasteiger partial charge in [0.05, 0.1) is 0 Å². The van der Waals surface area contributed by atoms with E-state index in [0.717, 1.165) is 30.2 Å². The molecule has 1 aliphatic carbocycles. The smallest absolute Gasteiger partial charge is 0.224 e. The summed E-state index contributed by atoms with van der Waals surface area (Å²) in [5, 5.41) is 9.30. The van der Waals surface area contributed by atoms with Gasteiger partial charge in [-0.3, -0.25) is 4.79 Å². The first-order valence-electron chi connectivity index (χ1n) is 9.08. The number of nitrogens with one attached hydrogen (secondary N) is 3. The molecule has 6 nitrogen and oxygen atoms in total. The molecule has 1 heterocycles. The zero-order valence-electron chi connectivity index (χ0n) is 15.1. The molecule has 0 bridgehead atoms. The maximum absolute atomic E-state index is 11.1. The average Bonchev–Trinajstić information content (AvgIpc) is 2.64. The molecule has 1 amide bonds. The zero-order chi connectivity index (χ0) is 18.2. The quantitative estimate of drug-likeness (QED) is 0.641. The molecule has 2 aromatic rings. The Labute approximate surface area is 154 Å². The first-order chi connectivity index (χ1) is 12.7. The normalized spacial score (nSPS) is 13.7. The molecule has 0 aliphatic heterocycles. The predicted octanol–water partition coefficient (Wildman–Crippen LogP) is 4.48. The third-order valence-corrected chi connectivity index (χ3v) is 4.25. The maximum atomic E-state index is 11.1. The topological polar surface area (TPSA) is 78.9 Å². The van der Waals surface area contributed by atoms with Gasteiger partial charge in [-0.1, -0.05) is 11.6 Å². The average molecular weight is 351 g/mol. The van der Waals surface area contributed by atoms with Crippen LogP contribution in [-0.4, -0.2) is 22.4 Å². The third kappa shape index (κ3) is 5.58. The van der Waals surface area contributed by atoms with Crippen LogP contribution in [0.5, 0.6) is 0 Å². The highest BCUT2D eigenvalue weighted by atomic mass is 16.1. The van der Waals surface area contributed by atoms with E-state index in [2.05, 4.69) is 32.0 Å². The van der Waals surface area contributed by atoms with Gasteiger partial charge in [0.1, 0.15) is 5.82 Å². The minimum Gasteiger partial charge on any atom is -0.354 e. The van der Waals surface area contributed by atoms with Crippen molar-refractivity contribution in [3.05, 3.63) is 48.2 Å². The van der Waals surface area contributed by atoms with Crippen LogP contribution in [0.1, 0.15) is 39.0 Å². The standard InChI is InChI=1S/C20H25N5O/c1-15(26)23-17-7-9-18(10-8-17)24-19-12-14-22-20(25-19)21-13-11-16-5-3-2-4-6-16/h5,7-10,12,14H,2-4,6,11,13H2,1H3,(H,23,26)(H2,21,22,24,25). The van der Waals surface area contributed by atoms with Crippen molar-refractivity contribution in [3.8, 4) is 0 Å². The van der Waals surface area contributed by atoms with E-state index in [1.165, 1.54) is 38.2 Å². The number of carbonyl (C=O) groups is 1. The minimum absolute atomic E-state index is 0.0822. The van der Waals surface area contributed by atoms with Crippen molar-refractivity contribution < 1.29 is 4.79 Å². The summed E-state index contributed by atoms with van der Waals surface area (Å²) in [6.07, 6.45) is 10.2. The number of allylic oxidation sites excluding steroid dienone is 1. The Balaban J connectivity index is 1.53. The summed E-state index contributed by atoms with van der Waals surface area (Å²) in [7, 11) is 0. The number of hydrogen-bond acceptors (Lipinski definition) is 5. The maximum Gasteiger partial charge on any atom is 0.224 e. The summed E-state index contributed by atoms with van der Waals surface area (Å²) in [6.45, 7) is 2.34. The highest BCUT2D eigenvalue weighted by molar-refractivity contribution is 5.88. The van der Waals surface area contributed by atoms with E-state index in [1.54, 1.807) is 6.20 Å². The number of anilines is 4. The van der Waals surface area contributed by atoms with E-state index in [9.17, 15) is 4.79 Å². The van der Waals surface area contributed by atoms with E-state index in [-0.39, 0.29) is 5.91 Å². The summed E-state index contributed by atoms with van der Waals surface area (Å²) >= 11 is 0. The summed E-state index contributed by atoms with van der Waals surface area (Å²) in [4.78, 5) is 19.8. The van der Waals surface area contributed by atoms with Crippen LogP contribution in [0.15, 0.2) is 48.2 Å². The van der Waals surface area contributed by atoms with Crippen LogP contribution < -0.4 is 16.0 Å². The van der Waals surface area contributed by atoms with E-state index in [1.807, 2.05) is 30.3 Å². The Kier molecular flexibility index (Phi) is 6.19. The van der Waals surface area contributed by atoms with Crippen LogP contribution in [0.25, 0.3) is 0 Å². The van der Waals surface area contributed by atoms with E-state index >= 15 is 0 Å². The van der Waals surface area contributed by atoms with Gasteiger partial charge in [-0.2, -0.15) is 4.98 Å². The van der Waals surface area contributed by atoms with Gasteiger partial charge in [0.25, 0.3) is 0 Å². The molecule has 136 valence electrons. The summed E-state index contributed by atoms with van der Waals surface area (Å²) < 4.78 is 0. The van der Waals surface area contributed by atoms with Gasteiger partial charge in [-0.15, -0.1) is 0 Å². The molecular weight excluding hydrogens is 326 g/mol. The van der Waals surface area contributed by atoms with Crippen molar-refractivity contribution in [2.45, 2.75) is 39.0 Å². The number of benzene rings is 1. The van der Waals surface area contributed by atoms with E-state index in [4.69, 9.17) is 0 Å². The van der Waals surface area contributed by atoms with Crippen molar-refractivity contribution in [1.29, 1.82) is 0 Å². The lowest BCUT2D eigenvalue weighted by Gasteiger charge is -2.13. The molecule has 0 saturated carbocycles. The molecule has 3 N–H and O–H groups in total. The van der Waals surface area contributed by atoms with Gasteiger partial charge in [0.2, 0.25) is 11.9 Å². The van der Waals surface area contributed by atoms with Crippen molar-refractivity contribution in [2.75, 3.05) is 22.5 Å². The minimum atomic E-state index is -0.0822. The van der Waals surface area contributed by atoms with Gasteiger partial charge in [-0.05, 0) is 62.4 Å². The van der Waals surface area contributed by atoms with Crippen LogP contribution in [0.4, 0.5) is 23.1 Å². The molecule has 1 aliphatic rings.